The highest BCUT2D eigenvalue weighted by Gasteiger charge is 2.28. The lowest BCUT2D eigenvalue weighted by Gasteiger charge is -2.25. The number of hydrogen-bond acceptors (Lipinski definition) is 3. The van der Waals surface area contributed by atoms with Gasteiger partial charge in [0.1, 0.15) is 0 Å². The quantitative estimate of drug-likeness (QED) is 0.860. The Labute approximate surface area is 122 Å². The minimum absolute atomic E-state index is 0.127. The molecule has 0 saturated carbocycles. The second kappa shape index (κ2) is 5.86. The summed E-state index contributed by atoms with van der Waals surface area (Å²) in [4.78, 5) is 0.484. The van der Waals surface area contributed by atoms with Crippen molar-refractivity contribution in [1.82, 2.24) is 0 Å². The number of benzene rings is 1. The van der Waals surface area contributed by atoms with Gasteiger partial charge in [-0.2, -0.15) is 0 Å². The SMILES string of the molecule is CC(C)(C)c1ccccc1S(=O)(=O)CC1CCCOC1. The van der Waals surface area contributed by atoms with E-state index in [0.29, 0.717) is 11.5 Å². The van der Waals surface area contributed by atoms with E-state index in [1.807, 2.05) is 32.9 Å². The molecule has 0 amide bonds. The molecular weight excluding hydrogens is 272 g/mol. The summed E-state index contributed by atoms with van der Waals surface area (Å²) >= 11 is 0. The summed E-state index contributed by atoms with van der Waals surface area (Å²) in [5.74, 6) is 0.321. The molecule has 1 fully saturated rings. The first-order valence-electron chi connectivity index (χ1n) is 7.21. The highest BCUT2D eigenvalue weighted by atomic mass is 32.2. The molecule has 1 heterocycles. The largest absolute Gasteiger partial charge is 0.381 e. The van der Waals surface area contributed by atoms with Crippen LogP contribution in [0.25, 0.3) is 0 Å². The van der Waals surface area contributed by atoms with Crippen LogP contribution in [0.4, 0.5) is 0 Å². The number of sulfone groups is 1. The second-order valence-corrected chi connectivity index (χ2v) is 8.61. The molecule has 112 valence electrons. The van der Waals surface area contributed by atoms with Gasteiger partial charge in [0, 0.05) is 6.61 Å². The van der Waals surface area contributed by atoms with Crippen molar-refractivity contribution in [3.8, 4) is 0 Å². The molecule has 0 bridgehead atoms. The van der Waals surface area contributed by atoms with E-state index in [9.17, 15) is 8.42 Å². The zero-order valence-electron chi connectivity index (χ0n) is 12.6. The average molecular weight is 296 g/mol. The van der Waals surface area contributed by atoms with E-state index in [1.54, 1.807) is 12.1 Å². The Hall–Kier alpha value is -0.870. The Morgan fingerprint density at radius 1 is 1.25 bits per heavy atom. The topological polar surface area (TPSA) is 43.4 Å². The molecule has 0 aliphatic carbocycles. The van der Waals surface area contributed by atoms with Gasteiger partial charge < -0.3 is 4.74 Å². The molecule has 1 aromatic carbocycles. The van der Waals surface area contributed by atoms with Gasteiger partial charge in [0.25, 0.3) is 0 Å². The fourth-order valence-corrected chi connectivity index (χ4v) is 4.75. The minimum Gasteiger partial charge on any atom is -0.381 e. The average Bonchev–Trinajstić information content (AvgIpc) is 2.38. The van der Waals surface area contributed by atoms with E-state index < -0.39 is 9.84 Å². The zero-order valence-corrected chi connectivity index (χ0v) is 13.4. The lowest BCUT2D eigenvalue weighted by molar-refractivity contribution is 0.0626. The second-order valence-electron chi connectivity index (χ2n) is 6.61. The van der Waals surface area contributed by atoms with Crippen molar-refractivity contribution in [2.75, 3.05) is 19.0 Å². The Bertz CT molecular complexity index is 549. The first-order chi connectivity index (χ1) is 9.31. The molecule has 1 aliphatic heterocycles. The summed E-state index contributed by atoms with van der Waals surface area (Å²) < 4.78 is 30.8. The van der Waals surface area contributed by atoms with E-state index in [4.69, 9.17) is 4.74 Å². The van der Waals surface area contributed by atoms with Crippen molar-refractivity contribution in [2.24, 2.45) is 5.92 Å². The molecule has 0 spiro atoms. The molecule has 0 radical (unpaired) electrons. The lowest BCUT2D eigenvalue weighted by Crippen LogP contribution is -2.26. The summed E-state index contributed by atoms with van der Waals surface area (Å²) in [6, 6.07) is 7.37. The van der Waals surface area contributed by atoms with Gasteiger partial charge >= 0.3 is 0 Å². The van der Waals surface area contributed by atoms with Crippen LogP contribution in [-0.4, -0.2) is 27.4 Å². The van der Waals surface area contributed by atoms with Crippen molar-refractivity contribution >= 4 is 9.84 Å². The van der Waals surface area contributed by atoms with Gasteiger partial charge in [-0.3, -0.25) is 0 Å². The molecule has 1 atom stereocenters. The van der Waals surface area contributed by atoms with E-state index in [1.165, 1.54) is 0 Å². The fourth-order valence-electron chi connectivity index (χ4n) is 2.70. The maximum absolute atomic E-state index is 12.7. The highest BCUT2D eigenvalue weighted by molar-refractivity contribution is 7.91. The molecule has 1 saturated heterocycles. The first-order valence-corrected chi connectivity index (χ1v) is 8.86. The minimum atomic E-state index is -3.25. The van der Waals surface area contributed by atoms with Gasteiger partial charge in [-0.25, -0.2) is 8.42 Å². The normalized spacial score (nSPS) is 20.9. The lowest BCUT2D eigenvalue weighted by atomic mass is 9.87. The molecule has 0 aromatic heterocycles. The predicted octanol–water partition coefficient (Wildman–Crippen LogP) is 3.18. The summed E-state index contributed by atoms with van der Waals surface area (Å²) in [7, 11) is -3.25. The molecular formula is C16H24O3S. The Kier molecular flexibility index (Phi) is 4.55. The van der Waals surface area contributed by atoms with Gasteiger partial charge in [-0.15, -0.1) is 0 Å². The van der Waals surface area contributed by atoms with Crippen LogP contribution in [0.2, 0.25) is 0 Å². The standard InChI is InChI=1S/C16H24O3S/c1-16(2,3)14-8-4-5-9-15(14)20(17,18)12-13-7-6-10-19-11-13/h4-5,8-9,13H,6-7,10-12H2,1-3H3. The zero-order chi connectivity index (χ0) is 14.8. The van der Waals surface area contributed by atoms with Crippen molar-refractivity contribution < 1.29 is 13.2 Å². The van der Waals surface area contributed by atoms with Gasteiger partial charge in [0.05, 0.1) is 17.3 Å². The Morgan fingerprint density at radius 3 is 2.55 bits per heavy atom. The molecule has 3 nitrogen and oxygen atoms in total. The van der Waals surface area contributed by atoms with Crippen molar-refractivity contribution in [1.29, 1.82) is 0 Å². The van der Waals surface area contributed by atoms with Crippen LogP contribution >= 0.6 is 0 Å². The van der Waals surface area contributed by atoms with Gasteiger partial charge in [-0.1, -0.05) is 39.0 Å². The number of ether oxygens (including phenoxy) is 1. The van der Waals surface area contributed by atoms with E-state index in [2.05, 4.69) is 0 Å². The summed E-state index contributed by atoms with van der Waals surface area (Å²) in [5, 5.41) is 0. The van der Waals surface area contributed by atoms with Crippen LogP contribution in [0, 0.1) is 5.92 Å². The Balaban J connectivity index is 2.29. The summed E-state index contributed by atoms with van der Waals surface area (Å²) in [6.07, 6.45) is 1.90. The maximum Gasteiger partial charge on any atom is 0.179 e. The molecule has 4 heteroatoms. The molecule has 20 heavy (non-hydrogen) atoms. The van der Waals surface area contributed by atoms with Crippen LogP contribution < -0.4 is 0 Å². The summed E-state index contributed by atoms with van der Waals surface area (Å²) in [6.45, 7) is 7.47. The fraction of sp³-hybridized carbons (Fsp3) is 0.625. The number of hydrogen-bond donors (Lipinski definition) is 0. The maximum atomic E-state index is 12.7. The first kappa shape index (κ1) is 15.5. The molecule has 1 aromatic rings. The Morgan fingerprint density at radius 2 is 1.95 bits per heavy atom. The van der Waals surface area contributed by atoms with Crippen LogP contribution in [0.1, 0.15) is 39.2 Å². The highest BCUT2D eigenvalue weighted by Crippen LogP contribution is 2.30. The number of rotatable bonds is 3. The molecule has 1 aliphatic rings. The molecule has 1 unspecified atom stereocenters. The third-order valence-corrected chi connectivity index (χ3v) is 5.68. The van der Waals surface area contributed by atoms with E-state index >= 15 is 0 Å². The predicted molar refractivity (Wildman–Crippen MR) is 80.7 cm³/mol. The van der Waals surface area contributed by atoms with Crippen LogP contribution in [0.15, 0.2) is 29.2 Å². The van der Waals surface area contributed by atoms with Crippen molar-refractivity contribution in [3.05, 3.63) is 29.8 Å². The third-order valence-electron chi connectivity index (χ3n) is 3.74. The van der Waals surface area contributed by atoms with E-state index in [-0.39, 0.29) is 17.1 Å². The van der Waals surface area contributed by atoms with E-state index in [0.717, 1.165) is 25.0 Å². The van der Waals surface area contributed by atoms with Gasteiger partial charge in [0.2, 0.25) is 0 Å². The van der Waals surface area contributed by atoms with Crippen molar-refractivity contribution in [2.45, 2.75) is 43.9 Å². The monoisotopic (exact) mass is 296 g/mol. The third kappa shape index (κ3) is 3.61. The smallest absolute Gasteiger partial charge is 0.179 e. The van der Waals surface area contributed by atoms with Crippen LogP contribution in [-0.2, 0) is 20.0 Å². The van der Waals surface area contributed by atoms with Gasteiger partial charge in [0.15, 0.2) is 9.84 Å². The van der Waals surface area contributed by atoms with Crippen LogP contribution in [0.5, 0.6) is 0 Å². The van der Waals surface area contributed by atoms with Gasteiger partial charge in [-0.05, 0) is 35.8 Å². The molecule has 2 rings (SSSR count). The van der Waals surface area contributed by atoms with Crippen LogP contribution in [0.3, 0.4) is 0 Å². The van der Waals surface area contributed by atoms with Crippen molar-refractivity contribution in [3.63, 3.8) is 0 Å². The summed E-state index contributed by atoms with van der Waals surface area (Å²) in [5.41, 5.74) is 0.726. The molecule has 0 N–H and O–H groups in total.